The zero-order chi connectivity index (χ0) is 23.3. The molecule has 2 fully saturated rings. The summed E-state index contributed by atoms with van der Waals surface area (Å²) in [6.45, 7) is 5.40. The Labute approximate surface area is 186 Å². The zero-order valence-electron chi connectivity index (χ0n) is 18.7. The van der Waals surface area contributed by atoms with Gasteiger partial charge in [-0.2, -0.15) is 0 Å². The van der Waals surface area contributed by atoms with Crippen LogP contribution in [-0.4, -0.2) is 67.0 Å². The molecule has 11 heteroatoms. The maximum absolute atomic E-state index is 13.0. The van der Waals surface area contributed by atoms with E-state index in [1.54, 1.807) is 33.1 Å². The molecule has 1 aromatic heterocycles. The fourth-order valence-electron chi connectivity index (χ4n) is 3.81. The highest BCUT2D eigenvalue weighted by Gasteiger charge is 2.38. The highest BCUT2D eigenvalue weighted by Crippen LogP contribution is 2.39. The van der Waals surface area contributed by atoms with E-state index in [1.165, 1.54) is 0 Å². The van der Waals surface area contributed by atoms with Crippen molar-refractivity contribution in [2.24, 2.45) is 17.0 Å². The molecule has 1 aliphatic carbocycles. The third kappa shape index (κ3) is 4.95. The molecule has 2 atom stereocenters. The third-order valence-corrected chi connectivity index (χ3v) is 6.44. The number of anilines is 1. The molecule has 174 valence electrons. The summed E-state index contributed by atoms with van der Waals surface area (Å²) in [5.41, 5.74) is 8.20. The fraction of sp³-hybridized carbons (Fsp3) is 0.667. The Morgan fingerprint density at radius 3 is 2.62 bits per heavy atom. The van der Waals surface area contributed by atoms with Crippen molar-refractivity contribution in [2.45, 2.75) is 44.8 Å². The molecule has 0 aromatic carbocycles. The molecule has 2 amide bonds. The summed E-state index contributed by atoms with van der Waals surface area (Å²) in [5, 5.41) is 15.2. The van der Waals surface area contributed by atoms with Gasteiger partial charge in [-0.1, -0.05) is 13.8 Å². The molecule has 1 aliphatic heterocycles. The number of aliphatic hydroxyl groups excluding tert-OH is 1. The van der Waals surface area contributed by atoms with Crippen LogP contribution in [0.15, 0.2) is 17.2 Å². The average molecular weight is 447 g/mol. The molecule has 1 saturated carbocycles. The lowest BCUT2D eigenvalue weighted by molar-refractivity contribution is -0.124. The first-order chi connectivity index (χ1) is 15.4. The van der Waals surface area contributed by atoms with Crippen LogP contribution < -0.4 is 15.0 Å². The van der Waals surface area contributed by atoms with Crippen molar-refractivity contribution < 1.29 is 24.2 Å². The van der Waals surface area contributed by atoms with E-state index in [2.05, 4.69) is 25.2 Å². The van der Waals surface area contributed by atoms with Gasteiger partial charge in [-0.3, -0.25) is 9.59 Å². The lowest BCUT2D eigenvalue weighted by Crippen LogP contribution is -2.53. The standard InChI is InChI=1S/C21H30N6O5/c1-4-21(5-2,20(30)25-26-22)24-18(29)16-6-7-17(27-9-15(10-27)31-3)19(23-16)32-12-14-8-13(14)11-28/h6-7,13-15,28H,4-5,8-12H2,1-3H3,(H,24,29)/t13-,14-/m1/s1. The number of carbonyl (C=O) groups excluding carboxylic acids is 2. The van der Waals surface area contributed by atoms with Crippen LogP contribution in [0.3, 0.4) is 0 Å². The number of aromatic nitrogens is 1. The highest BCUT2D eigenvalue weighted by molar-refractivity contribution is 5.98. The van der Waals surface area contributed by atoms with Gasteiger partial charge < -0.3 is 24.8 Å². The number of nitrogens with one attached hydrogen (secondary N) is 1. The minimum absolute atomic E-state index is 0.0992. The van der Waals surface area contributed by atoms with Crippen LogP contribution in [0.25, 0.3) is 10.4 Å². The second-order valence-electron chi connectivity index (χ2n) is 8.27. The van der Waals surface area contributed by atoms with Gasteiger partial charge in [0.1, 0.15) is 16.9 Å². The molecule has 2 N–H and O–H groups in total. The second-order valence-corrected chi connectivity index (χ2v) is 8.27. The molecule has 32 heavy (non-hydrogen) atoms. The number of hydrogen-bond acceptors (Lipinski definition) is 7. The molecular formula is C21H30N6O5. The topological polar surface area (TPSA) is 150 Å². The van der Waals surface area contributed by atoms with E-state index < -0.39 is 17.4 Å². The van der Waals surface area contributed by atoms with Crippen LogP contribution in [-0.2, 0) is 9.53 Å². The molecule has 0 unspecified atom stereocenters. The smallest absolute Gasteiger partial charge is 0.270 e. The van der Waals surface area contributed by atoms with Crippen molar-refractivity contribution in [3.05, 3.63) is 28.3 Å². The zero-order valence-corrected chi connectivity index (χ0v) is 18.7. The summed E-state index contributed by atoms with van der Waals surface area (Å²) < 4.78 is 11.3. The molecule has 0 bridgehead atoms. The normalized spacial score (nSPS) is 20.2. The Morgan fingerprint density at radius 1 is 1.34 bits per heavy atom. The van der Waals surface area contributed by atoms with E-state index in [9.17, 15) is 14.7 Å². The third-order valence-electron chi connectivity index (χ3n) is 6.44. The van der Waals surface area contributed by atoms with E-state index in [0.29, 0.717) is 25.6 Å². The first-order valence-corrected chi connectivity index (χ1v) is 10.9. The van der Waals surface area contributed by atoms with Crippen molar-refractivity contribution >= 4 is 17.5 Å². The number of carbonyl (C=O) groups is 2. The Hall–Kier alpha value is -2.88. The van der Waals surface area contributed by atoms with Crippen LogP contribution in [0, 0.1) is 11.8 Å². The quantitative estimate of drug-likeness (QED) is 0.300. The van der Waals surface area contributed by atoms with Gasteiger partial charge in [-0.25, -0.2) is 4.98 Å². The Kier molecular flexibility index (Phi) is 7.55. The van der Waals surface area contributed by atoms with E-state index in [4.69, 9.17) is 15.0 Å². The Bertz CT molecular complexity index is 893. The minimum atomic E-state index is -1.30. The molecule has 1 aromatic rings. The van der Waals surface area contributed by atoms with Gasteiger partial charge in [0, 0.05) is 31.7 Å². The maximum Gasteiger partial charge on any atom is 0.270 e. The summed E-state index contributed by atoms with van der Waals surface area (Å²) in [6.07, 6.45) is 1.57. The van der Waals surface area contributed by atoms with Crippen molar-refractivity contribution in [1.29, 1.82) is 0 Å². The first-order valence-electron chi connectivity index (χ1n) is 10.9. The van der Waals surface area contributed by atoms with Crippen molar-refractivity contribution in [1.82, 2.24) is 10.3 Å². The molecule has 0 spiro atoms. The van der Waals surface area contributed by atoms with E-state index in [1.807, 2.05) is 0 Å². The molecular weight excluding hydrogens is 416 g/mol. The Balaban J connectivity index is 1.80. The van der Waals surface area contributed by atoms with Crippen molar-refractivity contribution in [3.8, 4) is 5.88 Å². The number of aliphatic hydroxyl groups is 1. The number of azide groups is 1. The number of nitrogens with zero attached hydrogens (tertiary/aromatic N) is 5. The van der Waals surface area contributed by atoms with Gasteiger partial charge in [0.15, 0.2) is 0 Å². The van der Waals surface area contributed by atoms with Gasteiger partial charge in [0.2, 0.25) is 11.8 Å². The average Bonchev–Trinajstić information content (AvgIpc) is 3.54. The molecule has 3 rings (SSSR count). The van der Waals surface area contributed by atoms with Gasteiger partial charge in [-0.15, -0.1) is 0 Å². The van der Waals surface area contributed by atoms with E-state index in [0.717, 1.165) is 12.1 Å². The largest absolute Gasteiger partial charge is 0.476 e. The van der Waals surface area contributed by atoms with Gasteiger partial charge >= 0.3 is 0 Å². The SMILES string of the molecule is CCC(CC)(NC(=O)c1ccc(N2CC(OC)C2)c(OC[C@H]2C[C@@H]2CO)n1)C(=O)N=[N+]=[N-]. The number of hydrogen-bond donors (Lipinski definition) is 2. The number of pyridine rings is 1. The summed E-state index contributed by atoms with van der Waals surface area (Å²) in [4.78, 5) is 34.4. The fourth-order valence-corrected chi connectivity index (χ4v) is 3.81. The highest BCUT2D eigenvalue weighted by atomic mass is 16.5. The molecule has 11 nitrogen and oxygen atoms in total. The number of methoxy groups -OCH3 is 1. The van der Waals surface area contributed by atoms with Gasteiger partial charge in [0.05, 0.1) is 12.7 Å². The van der Waals surface area contributed by atoms with Crippen molar-refractivity contribution in [3.63, 3.8) is 0 Å². The van der Waals surface area contributed by atoms with Crippen LogP contribution in [0.5, 0.6) is 5.88 Å². The lowest BCUT2D eigenvalue weighted by Gasteiger charge is -2.40. The summed E-state index contributed by atoms with van der Waals surface area (Å²) >= 11 is 0. The summed E-state index contributed by atoms with van der Waals surface area (Å²) in [5.74, 6) is -0.445. The van der Waals surface area contributed by atoms with E-state index in [-0.39, 0.29) is 43.1 Å². The molecule has 2 heterocycles. The maximum atomic E-state index is 13.0. The van der Waals surface area contributed by atoms with Crippen LogP contribution >= 0.6 is 0 Å². The monoisotopic (exact) mass is 446 g/mol. The minimum Gasteiger partial charge on any atom is -0.476 e. The predicted molar refractivity (Wildman–Crippen MR) is 116 cm³/mol. The van der Waals surface area contributed by atoms with E-state index >= 15 is 0 Å². The van der Waals surface area contributed by atoms with Crippen LogP contribution in [0.2, 0.25) is 0 Å². The van der Waals surface area contributed by atoms with Crippen molar-refractivity contribution in [2.75, 3.05) is 38.3 Å². The van der Waals surface area contributed by atoms with Crippen LogP contribution in [0.1, 0.15) is 43.6 Å². The number of ether oxygens (including phenoxy) is 2. The van der Waals surface area contributed by atoms with Gasteiger partial charge in [-0.05, 0) is 53.9 Å². The summed E-state index contributed by atoms with van der Waals surface area (Å²) in [7, 11) is 1.67. The summed E-state index contributed by atoms with van der Waals surface area (Å²) in [6, 6.07) is 3.35. The van der Waals surface area contributed by atoms with Gasteiger partial charge in [0.25, 0.3) is 5.91 Å². The van der Waals surface area contributed by atoms with Crippen LogP contribution in [0.4, 0.5) is 5.69 Å². The molecule has 0 radical (unpaired) electrons. The second kappa shape index (κ2) is 10.2. The number of rotatable bonds is 11. The molecule has 2 aliphatic rings. The Morgan fingerprint density at radius 2 is 2.06 bits per heavy atom. The number of amides is 2. The molecule has 1 saturated heterocycles. The lowest BCUT2D eigenvalue weighted by atomic mass is 9.91. The predicted octanol–water partition coefficient (Wildman–Crippen LogP) is 2.05. The first kappa shape index (κ1) is 23.8.